The molecular weight excluding hydrogens is 275 g/mol. The van der Waals surface area contributed by atoms with E-state index in [2.05, 4.69) is 4.98 Å². The third-order valence-corrected chi connectivity index (χ3v) is 4.24. The Labute approximate surface area is 114 Å². The highest BCUT2D eigenvalue weighted by Gasteiger charge is 2.35. The zero-order valence-electron chi connectivity index (χ0n) is 9.42. The van der Waals surface area contributed by atoms with Crippen molar-refractivity contribution < 1.29 is 10.2 Å². The summed E-state index contributed by atoms with van der Waals surface area (Å²) in [4.78, 5) is 4.25. The van der Waals surface area contributed by atoms with Gasteiger partial charge in [0.25, 0.3) is 0 Å². The fraction of sp³-hybridized carbons (Fsp3) is 0.417. The van der Waals surface area contributed by atoms with Crippen molar-refractivity contribution in [2.45, 2.75) is 31.1 Å². The van der Waals surface area contributed by atoms with Gasteiger partial charge in [0.15, 0.2) is 0 Å². The van der Waals surface area contributed by atoms with Crippen LogP contribution in [-0.4, -0.2) is 32.0 Å². The molecule has 0 radical (unpaired) electrons. The Hall–Kier alpha value is -0.810. The maximum absolute atomic E-state index is 9.95. The van der Waals surface area contributed by atoms with Gasteiger partial charge in [-0.25, -0.2) is 4.98 Å². The minimum Gasteiger partial charge on any atom is -0.390 e. The summed E-state index contributed by atoms with van der Waals surface area (Å²) in [6.07, 6.45) is 1.52. The van der Waals surface area contributed by atoms with Gasteiger partial charge in [-0.05, 0) is 25.0 Å². The summed E-state index contributed by atoms with van der Waals surface area (Å²) >= 11 is 11.9. The topological polar surface area (TPSA) is 58.3 Å². The van der Waals surface area contributed by atoms with Gasteiger partial charge in [0.05, 0.1) is 39.6 Å². The number of aliphatic hydroxyl groups excluding tert-OH is 2. The molecule has 0 aliphatic heterocycles. The lowest BCUT2D eigenvalue weighted by molar-refractivity contribution is 0.0242. The fourth-order valence-electron chi connectivity index (χ4n) is 2.53. The fourth-order valence-corrected chi connectivity index (χ4v) is 2.85. The van der Waals surface area contributed by atoms with Gasteiger partial charge in [0.1, 0.15) is 6.10 Å². The highest BCUT2D eigenvalue weighted by atomic mass is 35.5. The van der Waals surface area contributed by atoms with Crippen LogP contribution in [0, 0.1) is 0 Å². The number of hydrogen-bond acceptors (Lipinski definition) is 3. The van der Waals surface area contributed by atoms with E-state index >= 15 is 0 Å². The molecule has 3 atom stereocenters. The zero-order chi connectivity index (χ0) is 12.9. The van der Waals surface area contributed by atoms with Crippen LogP contribution >= 0.6 is 23.2 Å². The lowest BCUT2D eigenvalue weighted by atomic mass is 10.2. The Morgan fingerprint density at radius 2 is 1.89 bits per heavy atom. The molecule has 1 aliphatic carbocycles. The molecule has 1 aromatic heterocycles. The Bertz CT molecular complexity index is 599. The van der Waals surface area contributed by atoms with Crippen molar-refractivity contribution in [1.82, 2.24) is 9.55 Å². The van der Waals surface area contributed by atoms with Crippen molar-refractivity contribution in [2.75, 3.05) is 0 Å². The smallest absolute Gasteiger partial charge is 0.101 e. The molecule has 2 aromatic rings. The number of nitrogens with zero attached hydrogens (tertiary/aromatic N) is 2. The van der Waals surface area contributed by atoms with Gasteiger partial charge in [0, 0.05) is 0 Å². The zero-order valence-corrected chi connectivity index (χ0v) is 10.9. The van der Waals surface area contributed by atoms with E-state index in [9.17, 15) is 10.2 Å². The second-order valence-corrected chi connectivity index (χ2v) is 5.42. The molecule has 0 bridgehead atoms. The summed E-state index contributed by atoms with van der Waals surface area (Å²) in [5.74, 6) is 0. The van der Waals surface area contributed by atoms with Gasteiger partial charge in [0.2, 0.25) is 0 Å². The van der Waals surface area contributed by atoms with Crippen LogP contribution in [0.25, 0.3) is 11.0 Å². The third-order valence-electron chi connectivity index (χ3n) is 3.52. The van der Waals surface area contributed by atoms with Gasteiger partial charge in [-0.1, -0.05) is 23.2 Å². The Morgan fingerprint density at radius 1 is 1.17 bits per heavy atom. The van der Waals surface area contributed by atoms with Crippen LogP contribution in [0.5, 0.6) is 0 Å². The van der Waals surface area contributed by atoms with E-state index in [-0.39, 0.29) is 6.04 Å². The predicted molar refractivity (Wildman–Crippen MR) is 70.0 cm³/mol. The standard InChI is InChI=1S/C12H12Cl2N2O2/c13-6-3-8-10(4-7(6)14)16(5-15-8)9-1-2-11(17)12(9)18/h3-5,9,11-12,17-18H,1-2H2/t9-,11?,12?/m1/s1. The highest BCUT2D eigenvalue weighted by Crippen LogP contribution is 2.35. The second-order valence-electron chi connectivity index (χ2n) is 4.61. The normalized spacial score (nSPS) is 28.1. The summed E-state index contributed by atoms with van der Waals surface area (Å²) in [6.45, 7) is 0. The average molecular weight is 287 g/mol. The molecule has 4 nitrogen and oxygen atoms in total. The first-order valence-corrected chi connectivity index (χ1v) is 6.51. The van der Waals surface area contributed by atoms with E-state index in [4.69, 9.17) is 23.2 Å². The number of aliphatic hydroxyl groups is 2. The molecule has 3 rings (SSSR count). The molecule has 1 saturated carbocycles. The lowest BCUT2D eigenvalue weighted by Gasteiger charge is -2.18. The van der Waals surface area contributed by atoms with Crippen LogP contribution < -0.4 is 0 Å². The molecular formula is C12H12Cl2N2O2. The third kappa shape index (κ3) is 1.80. The van der Waals surface area contributed by atoms with Crippen LogP contribution in [0.15, 0.2) is 18.5 Å². The molecule has 1 aromatic carbocycles. The van der Waals surface area contributed by atoms with Crippen molar-refractivity contribution in [2.24, 2.45) is 0 Å². The van der Waals surface area contributed by atoms with E-state index < -0.39 is 12.2 Å². The maximum atomic E-state index is 9.95. The van der Waals surface area contributed by atoms with Crippen LogP contribution in [-0.2, 0) is 0 Å². The van der Waals surface area contributed by atoms with E-state index in [1.54, 1.807) is 18.5 Å². The molecule has 2 N–H and O–H groups in total. The molecule has 0 saturated heterocycles. The van der Waals surface area contributed by atoms with Crippen LogP contribution in [0.4, 0.5) is 0 Å². The molecule has 2 unspecified atom stereocenters. The van der Waals surface area contributed by atoms with Crippen molar-refractivity contribution in [3.8, 4) is 0 Å². The molecule has 96 valence electrons. The number of halogens is 2. The molecule has 18 heavy (non-hydrogen) atoms. The summed E-state index contributed by atoms with van der Waals surface area (Å²) in [5.41, 5.74) is 1.56. The summed E-state index contributed by atoms with van der Waals surface area (Å²) < 4.78 is 1.86. The van der Waals surface area contributed by atoms with Gasteiger partial charge >= 0.3 is 0 Å². The molecule has 1 fully saturated rings. The van der Waals surface area contributed by atoms with Gasteiger partial charge in [-0.15, -0.1) is 0 Å². The second kappa shape index (κ2) is 4.38. The van der Waals surface area contributed by atoms with Crippen LogP contribution in [0.1, 0.15) is 18.9 Å². The first-order valence-electron chi connectivity index (χ1n) is 5.75. The molecule has 0 amide bonds. The minimum absolute atomic E-state index is 0.165. The van der Waals surface area contributed by atoms with Crippen molar-refractivity contribution in [3.63, 3.8) is 0 Å². The summed E-state index contributed by atoms with van der Waals surface area (Å²) in [6, 6.07) is 3.28. The SMILES string of the molecule is OC1CC[C@@H](n2cnc3cc(Cl)c(Cl)cc32)C1O. The first kappa shape index (κ1) is 12.2. The average Bonchev–Trinajstić information content (AvgIpc) is 2.86. The number of rotatable bonds is 1. The number of fused-ring (bicyclic) bond motifs is 1. The molecule has 1 heterocycles. The largest absolute Gasteiger partial charge is 0.390 e. The maximum Gasteiger partial charge on any atom is 0.101 e. The summed E-state index contributed by atoms with van der Waals surface area (Å²) in [7, 11) is 0. The number of imidazole rings is 1. The minimum atomic E-state index is -0.767. The first-order chi connectivity index (χ1) is 8.58. The van der Waals surface area contributed by atoms with E-state index in [0.29, 0.717) is 22.9 Å². The molecule has 0 spiro atoms. The van der Waals surface area contributed by atoms with Crippen molar-refractivity contribution >= 4 is 34.2 Å². The van der Waals surface area contributed by atoms with Gasteiger partial charge in [-0.2, -0.15) is 0 Å². The summed E-state index contributed by atoms with van der Waals surface area (Å²) in [5, 5.41) is 20.5. The quantitative estimate of drug-likeness (QED) is 0.846. The van der Waals surface area contributed by atoms with Gasteiger partial charge < -0.3 is 14.8 Å². The molecule has 1 aliphatic rings. The monoisotopic (exact) mass is 286 g/mol. The van der Waals surface area contributed by atoms with E-state index in [0.717, 1.165) is 11.0 Å². The predicted octanol–water partition coefficient (Wildman–Crippen LogP) is 2.40. The van der Waals surface area contributed by atoms with Crippen molar-refractivity contribution in [1.29, 1.82) is 0 Å². The molecule has 6 heteroatoms. The lowest BCUT2D eigenvalue weighted by Crippen LogP contribution is -2.26. The van der Waals surface area contributed by atoms with Gasteiger partial charge in [-0.3, -0.25) is 0 Å². The van der Waals surface area contributed by atoms with E-state index in [1.165, 1.54) is 0 Å². The number of hydrogen-bond donors (Lipinski definition) is 2. The van der Waals surface area contributed by atoms with Crippen molar-refractivity contribution in [3.05, 3.63) is 28.5 Å². The number of benzene rings is 1. The Balaban J connectivity index is 2.10. The Kier molecular flexibility index (Phi) is 2.98. The highest BCUT2D eigenvalue weighted by molar-refractivity contribution is 6.42. The van der Waals surface area contributed by atoms with E-state index in [1.807, 2.05) is 4.57 Å². The van der Waals surface area contributed by atoms with Crippen LogP contribution in [0.2, 0.25) is 10.0 Å². The Morgan fingerprint density at radius 3 is 2.56 bits per heavy atom. The number of aromatic nitrogens is 2. The van der Waals surface area contributed by atoms with Crippen LogP contribution in [0.3, 0.4) is 0 Å².